The lowest BCUT2D eigenvalue weighted by molar-refractivity contribution is 0.00466. The van der Waals surface area contributed by atoms with Crippen LogP contribution in [-0.2, 0) is 28.4 Å². The predicted molar refractivity (Wildman–Crippen MR) is 319 cm³/mol. The van der Waals surface area contributed by atoms with Crippen molar-refractivity contribution in [3.63, 3.8) is 0 Å². The number of hydrogen-bond donors (Lipinski definition) is 0. The highest BCUT2D eigenvalue weighted by atomic mass is 16.6. The summed E-state index contributed by atoms with van der Waals surface area (Å²) in [7, 11) is 0. The van der Waals surface area contributed by atoms with Gasteiger partial charge in [-0.3, -0.25) is 0 Å². The Labute approximate surface area is 481 Å². The van der Waals surface area contributed by atoms with E-state index in [1.54, 1.807) is 0 Å². The fraction of sp³-hybridized carbons (Fsp3) is 0.588. The summed E-state index contributed by atoms with van der Waals surface area (Å²) in [5.74, 6) is 17.8. The molecule has 4 aliphatic heterocycles. The first-order valence-corrected chi connectivity index (χ1v) is 30.5. The summed E-state index contributed by atoms with van der Waals surface area (Å²) in [6.45, 7) is 12.4. The molecule has 12 heteroatoms. The van der Waals surface area contributed by atoms with Crippen LogP contribution in [0.25, 0.3) is 0 Å². The lowest BCUT2D eigenvalue weighted by atomic mass is 10.1. The summed E-state index contributed by atoms with van der Waals surface area (Å²) in [6, 6.07) is 27.2. The van der Waals surface area contributed by atoms with Crippen LogP contribution < -0.4 is 28.4 Å². The highest BCUT2D eigenvalue weighted by molar-refractivity contribution is 5.60. The second kappa shape index (κ2) is 45.2. The highest BCUT2D eigenvalue weighted by Gasteiger charge is 2.12. The molecule has 4 aromatic carbocycles. The molecule has 0 atom stereocenters. The minimum absolute atomic E-state index is 0.286. The summed E-state index contributed by atoms with van der Waals surface area (Å²) >= 11 is 0. The summed E-state index contributed by atoms with van der Waals surface area (Å²) in [6.07, 6.45) is 25.9. The SMILES string of the molecule is CCCCCCCCCCCCOc1ccc(C#Cc2cc3c(C#Cc4ccc(OCCCCCCCCCCCC)cc4)cc2OCCOCCOCCOCCOc2ccc(cc2)OCCOCCOCCOCCO3)cc1. The normalized spacial score (nSPS) is 14.8. The van der Waals surface area contributed by atoms with Crippen LogP contribution in [0.3, 0.4) is 0 Å². The van der Waals surface area contributed by atoms with Gasteiger partial charge in [-0.2, -0.15) is 0 Å². The maximum atomic E-state index is 6.42. The Balaban J connectivity index is 1.21. The van der Waals surface area contributed by atoms with Gasteiger partial charge < -0.3 is 56.8 Å². The van der Waals surface area contributed by atoms with Crippen molar-refractivity contribution >= 4 is 0 Å². The third-order valence-electron chi connectivity index (χ3n) is 13.3. The molecule has 8 rings (SSSR count). The maximum absolute atomic E-state index is 6.42. The van der Waals surface area contributed by atoms with Gasteiger partial charge in [0.15, 0.2) is 0 Å². The Bertz CT molecular complexity index is 2100. The molecule has 0 radical (unpaired) electrons. The van der Waals surface area contributed by atoms with Crippen LogP contribution in [0.1, 0.15) is 165 Å². The van der Waals surface area contributed by atoms with Crippen LogP contribution in [0.5, 0.6) is 34.5 Å². The molecule has 0 spiro atoms. The van der Waals surface area contributed by atoms with Crippen molar-refractivity contribution in [2.45, 2.75) is 142 Å². The van der Waals surface area contributed by atoms with Gasteiger partial charge in [0.2, 0.25) is 0 Å². The molecule has 0 unspecified atom stereocenters. The predicted octanol–water partition coefficient (Wildman–Crippen LogP) is 14.4. The molecule has 0 fully saturated rings. The van der Waals surface area contributed by atoms with Gasteiger partial charge in [-0.1, -0.05) is 153 Å². The smallest absolute Gasteiger partial charge is 0.136 e. The number of hydrogen-bond acceptors (Lipinski definition) is 12. The summed E-state index contributed by atoms with van der Waals surface area (Å²) in [4.78, 5) is 0. The lowest BCUT2D eigenvalue weighted by Crippen LogP contribution is -2.15. The molecule has 0 amide bonds. The van der Waals surface area contributed by atoms with E-state index in [4.69, 9.17) is 56.8 Å². The van der Waals surface area contributed by atoms with Gasteiger partial charge in [0.05, 0.1) is 104 Å². The fourth-order valence-corrected chi connectivity index (χ4v) is 8.68. The molecule has 4 aromatic rings. The van der Waals surface area contributed by atoms with Gasteiger partial charge in [-0.25, -0.2) is 0 Å². The largest absolute Gasteiger partial charge is 0.494 e. The summed E-state index contributed by atoms with van der Waals surface area (Å²) < 4.78 is 71.4. The second-order valence-electron chi connectivity index (χ2n) is 20.0. The Kier molecular flexibility index (Phi) is 36.9. The van der Waals surface area contributed by atoms with E-state index in [1.807, 2.05) is 84.9 Å². The van der Waals surface area contributed by atoms with Crippen LogP contribution in [0.4, 0.5) is 0 Å². The molecule has 4 heterocycles. The molecule has 0 aliphatic carbocycles. The van der Waals surface area contributed by atoms with Crippen LogP contribution in [0, 0.1) is 23.7 Å². The van der Waals surface area contributed by atoms with Crippen molar-refractivity contribution in [3.8, 4) is 58.2 Å². The Hall–Kier alpha value is -5.44. The zero-order valence-corrected chi connectivity index (χ0v) is 48.9. The molecular formula is C68H96O12. The second-order valence-corrected chi connectivity index (χ2v) is 20.0. The van der Waals surface area contributed by atoms with E-state index < -0.39 is 0 Å². The van der Waals surface area contributed by atoms with E-state index in [2.05, 4.69) is 37.5 Å². The van der Waals surface area contributed by atoms with E-state index in [0.717, 1.165) is 47.0 Å². The van der Waals surface area contributed by atoms with Crippen molar-refractivity contribution in [1.29, 1.82) is 0 Å². The fourth-order valence-electron chi connectivity index (χ4n) is 8.68. The minimum atomic E-state index is 0.286. The number of benzene rings is 4. The minimum Gasteiger partial charge on any atom is -0.494 e. The van der Waals surface area contributed by atoms with Gasteiger partial charge in [0.1, 0.15) is 60.9 Å². The van der Waals surface area contributed by atoms with E-state index in [0.29, 0.717) is 128 Å². The van der Waals surface area contributed by atoms with Crippen molar-refractivity contribution < 1.29 is 56.8 Å². The van der Waals surface area contributed by atoms with Gasteiger partial charge in [0.25, 0.3) is 0 Å². The molecule has 440 valence electrons. The first-order chi connectivity index (χ1) is 39.7. The third kappa shape index (κ3) is 31.5. The maximum Gasteiger partial charge on any atom is 0.136 e. The van der Waals surface area contributed by atoms with E-state index >= 15 is 0 Å². The van der Waals surface area contributed by atoms with Gasteiger partial charge >= 0.3 is 0 Å². The van der Waals surface area contributed by atoms with Gasteiger partial charge in [-0.15, -0.1) is 0 Å². The lowest BCUT2D eigenvalue weighted by Gasteiger charge is -2.14. The van der Waals surface area contributed by atoms with Gasteiger partial charge in [-0.05, 0) is 85.6 Å². The molecule has 0 aromatic heterocycles. The Morgan fingerprint density at radius 1 is 0.300 bits per heavy atom. The first kappa shape index (κ1) is 65.4. The number of unbranched alkanes of at least 4 members (excludes halogenated alkanes) is 18. The first-order valence-electron chi connectivity index (χ1n) is 30.5. The quantitative estimate of drug-likeness (QED) is 0.0492. The van der Waals surface area contributed by atoms with Crippen LogP contribution in [0.15, 0.2) is 84.9 Å². The standard InChI is InChI=1S/C68H96O12/c1-3-5-7-9-11-13-15-17-19-21-39-75-63-31-25-59(26-32-63)23-29-61-57-68-62(30-24-60-27-33-64(34-28-60)76-40-22-20-18-16-14-12-10-8-6-4-2)58-67(61)79-55-51-73-47-43-69-41-45-71-49-53-77-65-35-37-66(38-36-65)78-54-50-72-46-42-70-44-48-74-52-56-80-68/h25-28,31-38,57-58H,3-22,39-56H2,1-2H3. The topological polar surface area (TPSA) is 111 Å². The summed E-state index contributed by atoms with van der Waals surface area (Å²) in [5.41, 5.74) is 3.01. The van der Waals surface area contributed by atoms with Crippen LogP contribution in [-0.4, -0.2) is 119 Å². The highest BCUT2D eigenvalue weighted by Crippen LogP contribution is 2.29. The zero-order chi connectivity index (χ0) is 55.9. The monoisotopic (exact) mass is 1100 g/mol. The molecule has 0 saturated heterocycles. The average Bonchev–Trinajstić information content (AvgIpc) is 3.48. The van der Waals surface area contributed by atoms with E-state index in [1.165, 1.54) is 116 Å². The van der Waals surface area contributed by atoms with E-state index in [9.17, 15) is 0 Å². The Morgan fingerprint density at radius 2 is 0.575 bits per heavy atom. The third-order valence-corrected chi connectivity index (χ3v) is 13.3. The van der Waals surface area contributed by atoms with Crippen molar-refractivity contribution in [2.75, 3.05) is 119 Å². The van der Waals surface area contributed by atoms with Gasteiger partial charge in [0, 0.05) is 23.3 Å². The van der Waals surface area contributed by atoms with Crippen molar-refractivity contribution in [3.05, 3.63) is 107 Å². The van der Waals surface area contributed by atoms with Crippen LogP contribution in [0.2, 0.25) is 0 Å². The molecule has 80 heavy (non-hydrogen) atoms. The zero-order valence-electron chi connectivity index (χ0n) is 48.9. The van der Waals surface area contributed by atoms with Crippen LogP contribution >= 0.6 is 0 Å². The molecule has 0 N–H and O–H groups in total. The molecule has 0 saturated carbocycles. The number of ether oxygens (including phenoxy) is 12. The summed E-state index contributed by atoms with van der Waals surface area (Å²) in [5, 5.41) is 0. The van der Waals surface area contributed by atoms with Crippen molar-refractivity contribution in [2.24, 2.45) is 0 Å². The van der Waals surface area contributed by atoms with E-state index in [-0.39, 0.29) is 13.2 Å². The van der Waals surface area contributed by atoms with Crippen molar-refractivity contribution in [1.82, 2.24) is 0 Å². The Morgan fingerprint density at radius 3 is 0.887 bits per heavy atom. The molecule has 12 nitrogen and oxygen atoms in total. The number of rotatable bonds is 24. The molecule has 4 bridgehead atoms. The average molecular weight is 1110 g/mol. The molecule has 4 aliphatic rings. The molecular weight excluding hydrogens is 1010 g/mol.